The van der Waals surface area contributed by atoms with Gasteiger partial charge in [-0.15, -0.1) is 12.6 Å². The summed E-state index contributed by atoms with van der Waals surface area (Å²) in [6, 6.07) is 7.63. The van der Waals surface area contributed by atoms with Gasteiger partial charge < -0.3 is 0 Å². The number of thiol groups is 1. The van der Waals surface area contributed by atoms with Crippen LogP contribution in [-0.2, 0) is 0 Å². The van der Waals surface area contributed by atoms with Crippen molar-refractivity contribution in [2.45, 2.75) is 4.90 Å². The fourth-order valence-corrected chi connectivity index (χ4v) is 1.35. The Hall–Kier alpha value is -1.35. The van der Waals surface area contributed by atoms with E-state index in [9.17, 15) is 0 Å². The molecule has 0 bridgehead atoms. The summed E-state index contributed by atoms with van der Waals surface area (Å²) in [6.45, 7) is 0. The van der Waals surface area contributed by atoms with E-state index in [1.165, 1.54) is 0 Å². The Labute approximate surface area is 82.1 Å². The van der Waals surface area contributed by atoms with Crippen LogP contribution in [-0.4, -0.2) is 9.97 Å². The van der Waals surface area contributed by atoms with Crippen LogP contribution in [0.5, 0.6) is 0 Å². The van der Waals surface area contributed by atoms with Gasteiger partial charge in [-0.3, -0.25) is 9.97 Å². The Kier molecular flexibility index (Phi) is 2.27. The molecule has 2 nitrogen and oxygen atoms in total. The highest BCUT2D eigenvalue weighted by Crippen LogP contribution is 2.22. The Morgan fingerprint density at radius 3 is 2.69 bits per heavy atom. The monoisotopic (exact) mass is 188 g/mol. The van der Waals surface area contributed by atoms with Crippen molar-refractivity contribution in [1.82, 2.24) is 9.97 Å². The molecule has 0 radical (unpaired) electrons. The molecule has 3 heteroatoms. The molecule has 0 atom stereocenters. The summed E-state index contributed by atoms with van der Waals surface area (Å²) >= 11 is 4.33. The predicted molar refractivity (Wildman–Crippen MR) is 54.7 cm³/mol. The van der Waals surface area contributed by atoms with Crippen LogP contribution < -0.4 is 0 Å². The lowest BCUT2D eigenvalue weighted by Crippen LogP contribution is -1.84. The zero-order chi connectivity index (χ0) is 9.10. The minimum Gasteiger partial charge on any atom is -0.264 e. The summed E-state index contributed by atoms with van der Waals surface area (Å²) < 4.78 is 0. The van der Waals surface area contributed by atoms with E-state index in [0.717, 1.165) is 16.2 Å². The van der Waals surface area contributed by atoms with Crippen molar-refractivity contribution in [3.63, 3.8) is 0 Å². The molecule has 0 N–H and O–H groups in total. The molecule has 0 aliphatic rings. The molecule has 0 saturated heterocycles. The smallest absolute Gasteiger partial charge is 0.0728 e. The minimum atomic E-state index is 0.897. The maximum absolute atomic E-state index is 4.33. The molecule has 13 heavy (non-hydrogen) atoms. The van der Waals surface area contributed by atoms with Gasteiger partial charge in [0.05, 0.1) is 5.69 Å². The highest BCUT2D eigenvalue weighted by atomic mass is 32.1. The van der Waals surface area contributed by atoms with Crippen molar-refractivity contribution in [3.8, 4) is 11.3 Å². The molecular weight excluding hydrogens is 180 g/mol. The van der Waals surface area contributed by atoms with E-state index in [-0.39, 0.29) is 0 Å². The van der Waals surface area contributed by atoms with Crippen molar-refractivity contribution in [2.24, 2.45) is 0 Å². The summed E-state index contributed by atoms with van der Waals surface area (Å²) in [5.41, 5.74) is 1.87. The SMILES string of the molecule is Sc1ccncc1-c1ccccn1. The molecule has 2 aromatic heterocycles. The number of pyridine rings is 2. The van der Waals surface area contributed by atoms with Gasteiger partial charge in [0.2, 0.25) is 0 Å². The molecule has 2 aromatic rings. The van der Waals surface area contributed by atoms with E-state index >= 15 is 0 Å². The second-order valence-electron chi connectivity index (χ2n) is 2.61. The fourth-order valence-electron chi connectivity index (χ4n) is 1.11. The first-order chi connectivity index (χ1) is 6.38. The first-order valence-corrected chi connectivity index (χ1v) is 4.37. The normalized spacial score (nSPS) is 9.92. The highest BCUT2D eigenvalue weighted by molar-refractivity contribution is 7.80. The average Bonchev–Trinajstić information content (AvgIpc) is 2.20. The van der Waals surface area contributed by atoms with Crippen molar-refractivity contribution >= 4 is 12.6 Å². The Morgan fingerprint density at radius 2 is 2.00 bits per heavy atom. The zero-order valence-corrected chi connectivity index (χ0v) is 7.78. The number of nitrogens with zero attached hydrogens (tertiary/aromatic N) is 2. The number of hydrogen-bond donors (Lipinski definition) is 1. The average molecular weight is 188 g/mol. The van der Waals surface area contributed by atoms with Gasteiger partial charge in [0.25, 0.3) is 0 Å². The third kappa shape index (κ3) is 1.70. The first kappa shape index (κ1) is 8.26. The lowest BCUT2D eigenvalue weighted by Gasteiger charge is -2.01. The van der Waals surface area contributed by atoms with Gasteiger partial charge >= 0.3 is 0 Å². The van der Waals surface area contributed by atoms with Gasteiger partial charge in [0, 0.05) is 29.0 Å². The predicted octanol–water partition coefficient (Wildman–Crippen LogP) is 2.43. The molecule has 0 aromatic carbocycles. The van der Waals surface area contributed by atoms with Crippen LogP contribution in [0.15, 0.2) is 47.8 Å². The third-order valence-corrected chi connectivity index (χ3v) is 2.13. The standard InChI is InChI=1S/C10H8N2S/c13-10-4-6-11-7-8(10)9-3-1-2-5-12-9/h1-7H,(H,11,13). The minimum absolute atomic E-state index is 0.897. The molecule has 2 heterocycles. The second kappa shape index (κ2) is 3.58. The first-order valence-electron chi connectivity index (χ1n) is 3.92. The molecule has 0 spiro atoms. The van der Waals surface area contributed by atoms with Crippen molar-refractivity contribution < 1.29 is 0 Å². The molecule has 0 aliphatic heterocycles. The van der Waals surface area contributed by atoms with E-state index in [2.05, 4.69) is 22.6 Å². The van der Waals surface area contributed by atoms with Gasteiger partial charge in [0.15, 0.2) is 0 Å². The molecule has 2 rings (SSSR count). The molecule has 0 unspecified atom stereocenters. The lowest BCUT2D eigenvalue weighted by molar-refractivity contribution is 1.23. The summed E-state index contributed by atoms with van der Waals surface area (Å²) in [5, 5.41) is 0. The largest absolute Gasteiger partial charge is 0.264 e. The maximum atomic E-state index is 4.33. The summed E-state index contributed by atoms with van der Waals surface area (Å²) in [5.74, 6) is 0. The van der Waals surface area contributed by atoms with Crippen LogP contribution in [0.25, 0.3) is 11.3 Å². The lowest BCUT2D eigenvalue weighted by atomic mass is 10.2. The molecule has 64 valence electrons. The van der Waals surface area contributed by atoms with Gasteiger partial charge in [-0.1, -0.05) is 6.07 Å². The zero-order valence-electron chi connectivity index (χ0n) is 6.88. The van der Waals surface area contributed by atoms with Gasteiger partial charge in [-0.2, -0.15) is 0 Å². The Balaban J connectivity index is 2.54. The van der Waals surface area contributed by atoms with Crippen molar-refractivity contribution in [3.05, 3.63) is 42.9 Å². The summed E-state index contributed by atoms with van der Waals surface area (Å²) in [4.78, 5) is 9.15. The quantitative estimate of drug-likeness (QED) is 0.695. The maximum Gasteiger partial charge on any atom is 0.0728 e. The number of rotatable bonds is 1. The van der Waals surface area contributed by atoms with Crippen molar-refractivity contribution in [1.29, 1.82) is 0 Å². The van der Waals surface area contributed by atoms with Gasteiger partial charge in [-0.05, 0) is 18.2 Å². The molecule has 0 aliphatic carbocycles. The van der Waals surface area contributed by atoms with Crippen LogP contribution in [0.3, 0.4) is 0 Å². The Bertz CT molecular complexity index is 401. The van der Waals surface area contributed by atoms with E-state index in [4.69, 9.17) is 0 Å². The van der Waals surface area contributed by atoms with Crippen LogP contribution in [0.2, 0.25) is 0 Å². The summed E-state index contributed by atoms with van der Waals surface area (Å²) in [7, 11) is 0. The van der Waals surface area contributed by atoms with Gasteiger partial charge in [0.1, 0.15) is 0 Å². The van der Waals surface area contributed by atoms with Crippen LogP contribution in [0.4, 0.5) is 0 Å². The second-order valence-corrected chi connectivity index (χ2v) is 3.09. The molecule has 0 saturated carbocycles. The van der Waals surface area contributed by atoms with Crippen molar-refractivity contribution in [2.75, 3.05) is 0 Å². The summed E-state index contributed by atoms with van der Waals surface area (Å²) in [6.07, 6.45) is 5.25. The van der Waals surface area contributed by atoms with E-state index in [1.54, 1.807) is 18.6 Å². The third-order valence-electron chi connectivity index (χ3n) is 1.74. The highest BCUT2D eigenvalue weighted by Gasteiger charge is 2.01. The molecule has 0 fully saturated rings. The van der Waals surface area contributed by atoms with Crippen LogP contribution in [0, 0.1) is 0 Å². The number of aromatic nitrogens is 2. The fraction of sp³-hybridized carbons (Fsp3) is 0. The van der Waals surface area contributed by atoms with Gasteiger partial charge in [-0.25, -0.2) is 0 Å². The van der Waals surface area contributed by atoms with E-state index in [1.807, 2.05) is 24.3 Å². The van der Waals surface area contributed by atoms with E-state index in [0.29, 0.717) is 0 Å². The topological polar surface area (TPSA) is 25.8 Å². The molecule has 0 amide bonds. The van der Waals surface area contributed by atoms with Crippen LogP contribution in [0.1, 0.15) is 0 Å². The van der Waals surface area contributed by atoms with Crippen LogP contribution >= 0.6 is 12.6 Å². The Morgan fingerprint density at radius 1 is 1.08 bits per heavy atom. The molecular formula is C10H8N2S. The number of hydrogen-bond acceptors (Lipinski definition) is 3. The van der Waals surface area contributed by atoms with E-state index < -0.39 is 0 Å².